The number of aryl methyl sites for hydroxylation is 1. The number of furan rings is 1. The Kier molecular flexibility index (Phi) is 3.75. The fourth-order valence-corrected chi connectivity index (χ4v) is 2.46. The molecule has 2 aromatic rings. The van der Waals surface area contributed by atoms with E-state index in [1.54, 1.807) is 25.3 Å². The number of rotatable bonds is 3. The number of hydrogen-bond donors (Lipinski definition) is 1. The van der Waals surface area contributed by atoms with Crippen LogP contribution < -0.4 is 5.43 Å². The van der Waals surface area contributed by atoms with Crippen molar-refractivity contribution < 1.29 is 9.21 Å². The summed E-state index contributed by atoms with van der Waals surface area (Å²) in [6, 6.07) is 7.17. The number of halogens is 1. The molecule has 0 radical (unpaired) electrons. The quantitative estimate of drug-likeness (QED) is 0.699. The summed E-state index contributed by atoms with van der Waals surface area (Å²) in [6.07, 6.45) is 1.59. The molecule has 1 N–H and O–H groups in total. The third-order valence-electron chi connectivity index (χ3n) is 1.92. The van der Waals surface area contributed by atoms with Crippen LogP contribution in [0.4, 0.5) is 0 Å². The predicted molar refractivity (Wildman–Crippen MR) is 70.5 cm³/mol. The molecule has 1 amide bonds. The summed E-state index contributed by atoms with van der Waals surface area (Å²) in [4.78, 5) is 12.5. The van der Waals surface area contributed by atoms with Crippen molar-refractivity contribution in [1.29, 1.82) is 0 Å². The minimum absolute atomic E-state index is 0.256. The molecular formula is C11H9BrN2O2S. The lowest BCUT2D eigenvalue weighted by Crippen LogP contribution is -2.16. The Balaban J connectivity index is 1.94. The van der Waals surface area contributed by atoms with Crippen molar-refractivity contribution in [3.8, 4) is 0 Å². The molecular weight excluding hydrogens is 304 g/mol. The molecule has 0 aromatic carbocycles. The Labute approximate surface area is 110 Å². The molecule has 0 bridgehead atoms. The average Bonchev–Trinajstić information content (AvgIpc) is 2.88. The Morgan fingerprint density at radius 1 is 1.47 bits per heavy atom. The highest BCUT2D eigenvalue weighted by Gasteiger charge is 2.07. The number of nitrogens with zero attached hydrogens (tertiary/aromatic N) is 1. The van der Waals surface area contributed by atoms with Gasteiger partial charge in [-0.15, -0.1) is 11.3 Å². The minimum Gasteiger partial charge on any atom is -0.456 e. The molecule has 0 aliphatic rings. The smallest absolute Gasteiger partial charge is 0.307 e. The zero-order valence-electron chi connectivity index (χ0n) is 8.94. The summed E-state index contributed by atoms with van der Waals surface area (Å²) in [7, 11) is 0. The van der Waals surface area contributed by atoms with Gasteiger partial charge in [-0.1, -0.05) is 0 Å². The van der Waals surface area contributed by atoms with Gasteiger partial charge in [-0.3, -0.25) is 4.79 Å². The molecule has 6 heteroatoms. The molecule has 17 heavy (non-hydrogen) atoms. The van der Waals surface area contributed by atoms with Crippen molar-refractivity contribution in [2.24, 2.45) is 5.10 Å². The van der Waals surface area contributed by atoms with Gasteiger partial charge in [-0.25, -0.2) is 5.43 Å². The van der Waals surface area contributed by atoms with Crippen LogP contribution in [0.25, 0.3) is 0 Å². The van der Waals surface area contributed by atoms with Crippen molar-refractivity contribution >= 4 is 39.4 Å². The summed E-state index contributed by atoms with van der Waals surface area (Å²) in [6.45, 7) is 1.78. The zero-order chi connectivity index (χ0) is 12.3. The van der Waals surface area contributed by atoms with Crippen molar-refractivity contribution in [1.82, 2.24) is 5.43 Å². The molecule has 0 spiro atoms. The van der Waals surface area contributed by atoms with Gasteiger partial charge in [0.05, 0.1) is 10.0 Å². The fourth-order valence-electron chi connectivity index (χ4n) is 1.16. The molecule has 4 nitrogen and oxygen atoms in total. The normalized spacial score (nSPS) is 10.9. The van der Waals surface area contributed by atoms with E-state index in [-0.39, 0.29) is 11.7 Å². The van der Waals surface area contributed by atoms with Gasteiger partial charge in [0, 0.05) is 4.88 Å². The van der Waals surface area contributed by atoms with E-state index in [0.29, 0.717) is 5.76 Å². The monoisotopic (exact) mass is 312 g/mol. The van der Waals surface area contributed by atoms with Crippen LogP contribution in [0.3, 0.4) is 0 Å². The highest BCUT2D eigenvalue weighted by atomic mass is 79.9. The zero-order valence-corrected chi connectivity index (χ0v) is 11.3. The van der Waals surface area contributed by atoms with Crippen molar-refractivity contribution in [3.63, 3.8) is 0 Å². The maximum absolute atomic E-state index is 11.5. The number of hydrogen-bond acceptors (Lipinski definition) is 4. The lowest BCUT2D eigenvalue weighted by Gasteiger charge is -1.94. The molecule has 0 saturated heterocycles. The first kappa shape index (κ1) is 12.1. The number of thiophene rings is 1. The van der Waals surface area contributed by atoms with Gasteiger partial charge < -0.3 is 4.42 Å². The highest BCUT2D eigenvalue weighted by molar-refractivity contribution is 9.11. The number of carbonyl (C=O) groups is 1. The third-order valence-corrected chi connectivity index (χ3v) is 3.47. The second-order valence-corrected chi connectivity index (χ2v) is 5.75. The molecule has 0 atom stereocenters. The van der Waals surface area contributed by atoms with Gasteiger partial charge in [-0.05, 0) is 47.1 Å². The van der Waals surface area contributed by atoms with Crippen LogP contribution in [0.1, 0.15) is 21.2 Å². The van der Waals surface area contributed by atoms with Gasteiger partial charge in [0.25, 0.3) is 0 Å². The first-order chi connectivity index (χ1) is 8.15. The molecule has 0 saturated carbocycles. The second-order valence-electron chi connectivity index (χ2n) is 3.25. The standard InChI is InChI=1S/C11H9BrN2O2S/c1-7-2-4-9(16-7)11(15)14-13-6-8-3-5-10(12)17-8/h2-6H,1H3,(H,14,15)/b13-6+. The summed E-state index contributed by atoms with van der Waals surface area (Å²) >= 11 is 4.88. The van der Waals surface area contributed by atoms with E-state index in [1.807, 2.05) is 12.1 Å². The Morgan fingerprint density at radius 2 is 2.29 bits per heavy atom. The Bertz CT molecular complexity index is 559. The first-order valence-electron chi connectivity index (χ1n) is 4.80. The number of hydrazone groups is 1. The van der Waals surface area contributed by atoms with Crippen molar-refractivity contribution in [3.05, 3.63) is 44.4 Å². The summed E-state index contributed by atoms with van der Waals surface area (Å²) in [5.74, 6) is 0.596. The van der Waals surface area contributed by atoms with Crippen LogP contribution in [0.2, 0.25) is 0 Å². The molecule has 0 fully saturated rings. The molecule has 0 aliphatic carbocycles. The number of amides is 1. The number of nitrogens with one attached hydrogen (secondary N) is 1. The van der Waals surface area contributed by atoms with Crippen molar-refractivity contribution in [2.75, 3.05) is 0 Å². The topological polar surface area (TPSA) is 54.6 Å². The first-order valence-corrected chi connectivity index (χ1v) is 6.41. The van der Waals surface area contributed by atoms with Gasteiger partial charge in [0.2, 0.25) is 0 Å². The van der Waals surface area contributed by atoms with E-state index >= 15 is 0 Å². The van der Waals surface area contributed by atoms with E-state index in [1.165, 1.54) is 11.3 Å². The minimum atomic E-state index is -0.357. The van der Waals surface area contributed by atoms with E-state index in [0.717, 1.165) is 8.66 Å². The van der Waals surface area contributed by atoms with Gasteiger partial charge in [0.1, 0.15) is 5.76 Å². The molecule has 88 valence electrons. The molecule has 2 rings (SSSR count). The predicted octanol–water partition coefficient (Wildman–Crippen LogP) is 3.18. The van der Waals surface area contributed by atoms with Crippen LogP contribution in [0.15, 0.2) is 37.6 Å². The fraction of sp³-hybridized carbons (Fsp3) is 0.0909. The largest absolute Gasteiger partial charge is 0.456 e. The molecule has 0 unspecified atom stereocenters. The molecule has 0 aliphatic heterocycles. The lowest BCUT2D eigenvalue weighted by atomic mass is 10.4. The SMILES string of the molecule is Cc1ccc(C(=O)N/N=C/c2ccc(Br)s2)o1. The van der Waals surface area contributed by atoms with Crippen LogP contribution in [-0.4, -0.2) is 12.1 Å². The van der Waals surface area contributed by atoms with Crippen molar-refractivity contribution in [2.45, 2.75) is 6.92 Å². The van der Waals surface area contributed by atoms with E-state index in [2.05, 4.69) is 26.5 Å². The maximum Gasteiger partial charge on any atom is 0.307 e. The van der Waals surface area contributed by atoms with Crippen LogP contribution in [-0.2, 0) is 0 Å². The van der Waals surface area contributed by atoms with Crippen LogP contribution >= 0.6 is 27.3 Å². The average molecular weight is 313 g/mol. The Morgan fingerprint density at radius 3 is 2.88 bits per heavy atom. The molecule has 2 aromatic heterocycles. The maximum atomic E-state index is 11.5. The van der Waals surface area contributed by atoms with E-state index in [4.69, 9.17) is 4.42 Å². The third kappa shape index (κ3) is 3.28. The highest BCUT2D eigenvalue weighted by Crippen LogP contribution is 2.20. The summed E-state index contributed by atoms with van der Waals surface area (Å²) in [5, 5.41) is 3.85. The lowest BCUT2D eigenvalue weighted by molar-refractivity contribution is 0.0926. The molecule has 2 heterocycles. The van der Waals surface area contributed by atoms with Gasteiger partial charge in [-0.2, -0.15) is 5.10 Å². The second kappa shape index (κ2) is 5.29. The van der Waals surface area contributed by atoms with Crippen LogP contribution in [0, 0.1) is 6.92 Å². The van der Waals surface area contributed by atoms with Gasteiger partial charge in [0.15, 0.2) is 5.76 Å². The summed E-state index contributed by atoms with van der Waals surface area (Å²) in [5.41, 5.74) is 2.40. The van der Waals surface area contributed by atoms with Gasteiger partial charge >= 0.3 is 5.91 Å². The van der Waals surface area contributed by atoms with Crippen LogP contribution in [0.5, 0.6) is 0 Å². The van der Waals surface area contributed by atoms with E-state index < -0.39 is 0 Å². The summed E-state index contributed by atoms with van der Waals surface area (Å²) < 4.78 is 6.18. The Hall–Kier alpha value is -1.40. The number of carbonyl (C=O) groups excluding carboxylic acids is 1. The van der Waals surface area contributed by atoms with E-state index in [9.17, 15) is 4.79 Å².